The predicted octanol–water partition coefficient (Wildman–Crippen LogP) is 1.75. The molecular formula is C12H15ClN4OSi. The second-order valence-corrected chi connectivity index (χ2v) is 10.7. The van der Waals surface area contributed by atoms with Crippen LogP contribution in [0.5, 0.6) is 0 Å². The molecule has 0 aliphatic heterocycles. The lowest BCUT2D eigenvalue weighted by Gasteiger charge is -2.07. The molecule has 2 aromatic rings. The van der Waals surface area contributed by atoms with Crippen molar-refractivity contribution in [2.45, 2.75) is 26.2 Å². The van der Waals surface area contributed by atoms with Crippen LogP contribution < -0.4 is 5.45 Å². The molecule has 2 rings (SSSR count). The van der Waals surface area contributed by atoms with Crippen molar-refractivity contribution in [2.75, 3.05) is 0 Å². The first-order valence-corrected chi connectivity index (χ1v) is 9.81. The van der Waals surface area contributed by atoms with Crippen molar-refractivity contribution in [3.8, 4) is 0 Å². The monoisotopic (exact) mass is 294 g/mol. The zero-order valence-electron chi connectivity index (χ0n) is 11.1. The van der Waals surface area contributed by atoms with Crippen molar-refractivity contribution in [3.63, 3.8) is 0 Å². The fourth-order valence-corrected chi connectivity index (χ4v) is 2.35. The number of halogens is 1. The summed E-state index contributed by atoms with van der Waals surface area (Å²) in [6.45, 7) is 6.50. The Bertz CT molecular complexity index is 589. The summed E-state index contributed by atoms with van der Waals surface area (Å²) in [6.07, 6.45) is 0. The van der Waals surface area contributed by atoms with Crippen LogP contribution in [-0.2, 0) is 6.54 Å². The smallest absolute Gasteiger partial charge is 0.186 e. The molecule has 0 atom stereocenters. The van der Waals surface area contributed by atoms with Gasteiger partial charge in [0.15, 0.2) is 11.2 Å². The summed E-state index contributed by atoms with van der Waals surface area (Å²) in [4.78, 5) is 13.4. The highest BCUT2D eigenvalue weighted by atomic mass is 35.5. The maximum absolute atomic E-state index is 12.0. The summed E-state index contributed by atoms with van der Waals surface area (Å²) in [7, 11) is -1.58. The first-order chi connectivity index (χ1) is 8.86. The van der Waals surface area contributed by atoms with Crippen LogP contribution in [0.25, 0.3) is 0 Å². The third kappa shape index (κ3) is 3.48. The first kappa shape index (κ1) is 13.9. The van der Waals surface area contributed by atoms with Gasteiger partial charge in [0.1, 0.15) is 14.6 Å². The van der Waals surface area contributed by atoms with Crippen LogP contribution in [0.1, 0.15) is 10.4 Å². The molecule has 7 heteroatoms. The number of hydrogen-bond acceptors (Lipinski definition) is 4. The third-order valence-corrected chi connectivity index (χ3v) is 4.37. The Labute approximate surface area is 117 Å². The van der Waals surface area contributed by atoms with E-state index in [9.17, 15) is 4.79 Å². The summed E-state index contributed by atoms with van der Waals surface area (Å²) >= 11 is 5.78. The predicted molar refractivity (Wildman–Crippen MR) is 76.6 cm³/mol. The van der Waals surface area contributed by atoms with Crippen LogP contribution >= 0.6 is 11.6 Å². The van der Waals surface area contributed by atoms with E-state index in [0.29, 0.717) is 10.6 Å². The van der Waals surface area contributed by atoms with Crippen molar-refractivity contribution < 1.29 is 4.79 Å². The van der Waals surface area contributed by atoms with Gasteiger partial charge in [0.2, 0.25) is 0 Å². The number of carbonyl (C=O) groups is 1. The zero-order chi connectivity index (χ0) is 14.0. The van der Waals surface area contributed by atoms with E-state index >= 15 is 0 Å². The number of benzene rings is 1. The van der Waals surface area contributed by atoms with Crippen LogP contribution in [0.4, 0.5) is 0 Å². The van der Waals surface area contributed by atoms with E-state index in [1.165, 1.54) is 4.80 Å². The molecule has 0 saturated heterocycles. The van der Waals surface area contributed by atoms with Gasteiger partial charge in [-0.15, -0.1) is 10.2 Å². The molecular weight excluding hydrogens is 280 g/mol. The van der Waals surface area contributed by atoms with Crippen LogP contribution in [-0.4, -0.2) is 34.1 Å². The Morgan fingerprint density at radius 3 is 2.42 bits per heavy atom. The van der Waals surface area contributed by atoms with Gasteiger partial charge in [-0.1, -0.05) is 31.2 Å². The van der Waals surface area contributed by atoms with Gasteiger partial charge in [0, 0.05) is 10.6 Å². The minimum atomic E-state index is -1.58. The molecule has 0 amide bonds. The van der Waals surface area contributed by atoms with Gasteiger partial charge in [-0.2, -0.15) is 4.80 Å². The van der Waals surface area contributed by atoms with E-state index in [-0.39, 0.29) is 12.3 Å². The van der Waals surface area contributed by atoms with E-state index in [1.54, 1.807) is 24.3 Å². The number of nitrogens with zero attached hydrogens (tertiary/aromatic N) is 4. The average molecular weight is 295 g/mol. The van der Waals surface area contributed by atoms with E-state index < -0.39 is 8.07 Å². The number of ketones is 1. The lowest BCUT2D eigenvalue weighted by Crippen LogP contribution is -2.41. The molecule has 5 nitrogen and oxygen atoms in total. The Hall–Kier alpha value is -1.53. The lowest BCUT2D eigenvalue weighted by molar-refractivity contribution is 0.0961. The number of hydrogen-bond donors (Lipinski definition) is 0. The van der Waals surface area contributed by atoms with Gasteiger partial charge < -0.3 is 0 Å². The third-order valence-electron chi connectivity index (χ3n) is 2.57. The van der Waals surface area contributed by atoms with Crippen LogP contribution in [0, 0.1) is 0 Å². The molecule has 0 N–H and O–H groups in total. The molecule has 0 saturated carbocycles. The number of Topliss-reactive ketones (excluding diaryl/α,β-unsaturated/α-hetero) is 1. The summed E-state index contributed by atoms with van der Waals surface area (Å²) < 4.78 is 0. The Kier molecular flexibility index (Phi) is 3.82. The molecule has 1 aromatic heterocycles. The van der Waals surface area contributed by atoms with E-state index in [1.807, 2.05) is 0 Å². The van der Waals surface area contributed by atoms with Crippen LogP contribution in [0.15, 0.2) is 24.3 Å². The minimum absolute atomic E-state index is 0.0591. The molecule has 100 valence electrons. The van der Waals surface area contributed by atoms with Gasteiger partial charge in [-0.25, -0.2) is 0 Å². The van der Waals surface area contributed by atoms with Gasteiger partial charge in [0.25, 0.3) is 0 Å². The van der Waals surface area contributed by atoms with Crippen molar-refractivity contribution >= 4 is 30.9 Å². The van der Waals surface area contributed by atoms with E-state index in [4.69, 9.17) is 11.6 Å². The highest BCUT2D eigenvalue weighted by Gasteiger charge is 2.23. The molecule has 0 radical (unpaired) electrons. The molecule has 0 aliphatic rings. The van der Waals surface area contributed by atoms with Crippen molar-refractivity contribution in [1.82, 2.24) is 20.2 Å². The van der Waals surface area contributed by atoms with Crippen molar-refractivity contribution in [3.05, 3.63) is 34.9 Å². The fraction of sp³-hybridized carbons (Fsp3) is 0.333. The zero-order valence-corrected chi connectivity index (χ0v) is 12.8. The van der Waals surface area contributed by atoms with E-state index in [2.05, 4.69) is 35.1 Å². The molecule has 0 unspecified atom stereocenters. The normalized spacial score (nSPS) is 11.6. The standard InChI is InChI=1S/C12H15ClN4OSi/c1-19(2,3)12-14-16-17(15-12)8-11(18)9-4-6-10(13)7-5-9/h4-7H,8H2,1-3H3. The SMILES string of the molecule is C[Si](C)(C)c1nnn(CC(=O)c2ccc(Cl)cc2)n1. The fourth-order valence-electron chi connectivity index (χ4n) is 1.47. The maximum Gasteiger partial charge on any atom is 0.186 e. The molecule has 0 aliphatic carbocycles. The quantitative estimate of drug-likeness (QED) is 0.637. The van der Waals surface area contributed by atoms with Gasteiger partial charge in [-0.05, 0) is 29.5 Å². The second-order valence-electron chi connectivity index (χ2n) is 5.32. The van der Waals surface area contributed by atoms with Crippen LogP contribution in [0.2, 0.25) is 24.7 Å². The van der Waals surface area contributed by atoms with Crippen molar-refractivity contribution in [1.29, 1.82) is 0 Å². The molecule has 0 bridgehead atoms. The highest BCUT2D eigenvalue weighted by molar-refractivity contribution is 6.87. The average Bonchev–Trinajstić information content (AvgIpc) is 2.78. The Morgan fingerprint density at radius 2 is 1.89 bits per heavy atom. The highest BCUT2D eigenvalue weighted by Crippen LogP contribution is 2.10. The number of carbonyl (C=O) groups excluding carboxylic acids is 1. The topological polar surface area (TPSA) is 60.7 Å². The molecule has 19 heavy (non-hydrogen) atoms. The first-order valence-electron chi connectivity index (χ1n) is 5.93. The molecule has 0 fully saturated rings. The summed E-state index contributed by atoms with van der Waals surface area (Å²) in [5.41, 5.74) is 1.35. The second kappa shape index (κ2) is 5.22. The number of aromatic nitrogens is 4. The Balaban J connectivity index is 2.11. The molecule has 1 heterocycles. The van der Waals surface area contributed by atoms with Gasteiger partial charge >= 0.3 is 0 Å². The largest absolute Gasteiger partial charge is 0.292 e. The number of tetrazole rings is 1. The van der Waals surface area contributed by atoms with Crippen LogP contribution in [0.3, 0.4) is 0 Å². The van der Waals surface area contributed by atoms with Gasteiger partial charge in [-0.3, -0.25) is 4.79 Å². The van der Waals surface area contributed by atoms with E-state index in [0.717, 1.165) is 5.45 Å². The lowest BCUT2D eigenvalue weighted by atomic mass is 10.1. The summed E-state index contributed by atoms with van der Waals surface area (Å²) in [5.74, 6) is -0.0591. The maximum atomic E-state index is 12.0. The van der Waals surface area contributed by atoms with Crippen molar-refractivity contribution in [2.24, 2.45) is 0 Å². The van der Waals surface area contributed by atoms with Gasteiger partial charge in [0.05, 0.1) is 0 Å². The summed E-state index contributed by atoms with van der Waals surface area (Å²) in [6, 6.07) is 6.77. The molecule has 1 aromatic carbocycles. The Morgan fingerprint density at radius 1 is 1.26 bits per heavy atom. The molecule has 0 spiro atoms. The minimum Gasteiger partial charge on any atom is -0.292 e. The summed E-state index contributed by atoms with van der Waals surface area (Å²) in [5, 5.41) is 12.8. The number of rotatable bonds is 4.